The van der Waals surface area contributed by atoms with E-state index >= 15 is 0 Å². The maximum absolute atomic E-state index is 12.0. The summed E-state index contributed by atoms with van der Waals surface area (Å²) in [5.74, 6) is 0.144. The average molecular weight is 294 g/mol. The molecule has 2 N–H and O–H groups in total. The van der Waals surface area contributed by atoms with Crippen LogP contribution in [0.5, 0.6) is 5.75 Å². The minimum Gasteiger partial charge on any atom is -0.508 e. The number of phenolic OH excluding ortho intramolecular Hbond substituents is 1. The highest BCUT2D eigenvalue weighted by Gasteiger charge is 2.10. The van der Waals surface area contributed by atoms with Crippen molar-refractivity contribution in [3.8, 4) is 17.0 Å². The largest absolute Gasteiger partial charge is 0.508 e. The fourth-order valence-corrected chi connectivity index (χ4v) is 2.20. The normalized spacial score (nSPS) is 10.5. The third kappa shape index (κ3) is 2.83. The van der Waals surface area contributed by atoms with E-state index in [2.05, 4.69) is 4.98 Å². The quantitative estimate of drug-likeness (QED) is 0.728. The SMILES string of the molecule is O=c1c(Cc2ccccc2)nc(-c2ccc(O)cc2)cn1O. The molecule has 5 nitrogen and oxygen atoms in total. The molecule has 0 saturated carbocycles. The second-order valence-corrected chi connectivity index (χ2v) is 4.93. The van der Waals surface area contributed by atoms with E-state index in [0.29, 0.717) is 22.4 Å². The number of phenols is 1. The van der Waals surface area contributed by atoms with Gasteiger partial charge in [-0.2, -0.15) is 4.73 Å². The molecule has 0 aliphatic heterocycles. The molecule has 3 rings (SSSR count). The first-order chi connectivity index (χ1) is 10.6. The van der Waals surface area contributed by atoms with Crippen molar-refractivity contribution in [3.05, 3.63) is 82.4 Å². The van der Waals surface area contributed by atoms with Crippen molar-refractivity contribution in [2.75, 3.05) is 0 Å². The number of hydrogen-bond acceptors (Lipinski definition) is 4. The molecule has 0 aliphatic rings. The van der Waals surface area contributed by atoms with E-state index in [4.69, 9.17) is 0 Å². The van der Waals surface area contributed by atoms with Crippen molar-refractivity contribution >= 4 is 0 Å². The second-order valence-electron chi connectivity index (χ2n) is 4.93. The van der Waals surface area contributed by atoms with Gasteiger partial charge in [0.25, 0.3) is 0 Å². The van der Waals surface area contributed by atoms with Gasteiger partial charge in [-0.3, -0.25) is 4.79 Å². The maximum Gasteiger partial charge on any atom is 0.304 e. The molecular weight excluding hydrogens is 280 g/mol. The van der Waals surface area contributed by atoms with Crippen LogP contribution in [0.3, 0.4) is 0 Å². The Bertz CT molecular complexity index is 840. The summed E-state index contributed by atoms with van der Waals surface area (Å²) in [6.07, 6.45) is 1.61. The van der Waals surface area contributed by atoms with Crippen LogP contribution in [0.4, 0.5) is 0 Å². The number of aromatic hydroxyl groups is 1. The molecule has 0 amide bonds. The zero-order valence-corrected chi connectivity index (χ0v) is 11.7. The van der Waals surface area contributed by atoms with E-state index in [-0.39, 0.29) is 11.4 Å². The third-order valence-corrected chi connectivity index (χ3v) is 3.33. The number of benzene rings is 2. The second kappa shape index (κ2) is 5.73. The molecule has 0 unspecified atom stereocenters. The Morgan fingerprint density at radius 2 is 1.68 bits per heavy atom. The Morgan fingerprint density at radius 3 is 2.36 bits per heavy atom. The smallest absolute Gasteiger partial charge is 0.304 e. The third-order valence-electron chi connectivity index (χ3n) is 3.33. The fraction of sp³-hybridized carbons (Fsp3) is 0.0588. The molecule has 3 aromatic rings. The van der Waals surface area contributed by atoms with Gasteiger partial charge < -0.3 is 10.3 Å². The van der Waals surface area contributed by atoms with Crippen molar-refractivity contribution in [1.82, 2.24) is 9.71 Å². The molecule has 0 atom stereocenters. The van der Waals surface area contributed by atoms with Gasteiger partial charge >= 0.3 is 5.56 Å². The van der Waals surface area contributed by atoms with Crippen LogP contribution in [0.25, 0.3) is 11.3 Å². The van der Waals surface area contributed by atoms with E-state index in [1.807, 2.05) is 30.3 Å². The molecule has 0 fully saturated rings. The Hall–Kier alpha value is -3.08. The highest BCUT2D eigenvalue weighted by Crippen LogP contribution is 2.19. The van der Waals surface area contributed by atoms with Crippen LogP contribution >= 0.6 is 0 Å². The van der Waals surface area contributed by atoms with Crippen molar-refractivity contribution in [2.45, 2.75) is 6.42 Å². The molecule has 0 spiro atoms. The average Bonchev–Trinajstić information content (AvgIpc) is 2.53. The minimum atomic E-state index is -0.536. The van der Waals surface area contributed by atoms with Crippen LogP contribution in [-0.4, -0.2) is 20.0 Å². The van der Waals surface area contributed by atoms with Gasteiger partial charge in [0.1, 0.15) is 11.4 Å². The van der Waals surface area contributed by atoms with Crippen molar-refractivity contribution in [1.29, 1.82) is 0 Å². The van der Waals surface area contributed by atoms with Crippen molar-refractivity contribution in [2.24, 2.45) is 0 Å². The van der Waals surface area contributed by atoms with Gasteiger partial charge in [0.2, 0.25) is 0 Å². The molecule has 22 heavy (non-hydrogen) atoms. The van der Waals surface area contributed by atoms with Crippen LogP contribution in [0.2, 0.25) is 0 Å². The fourth-order valence-electron chi connectivity index (χ4n) is 2.20. The lowest BCUT2D eigenvalue weighted by Gasteiger charge is -2.07. The number of aromatic nitrogens is 2. The zero-order valence-electron chi connectivity index (χ0n) is 11.7. The number of rotatable bonds is 3. The topological polar surface area (TPSA) is 75.3 Å². The van der Waals surface area contributed by atoms with Gasteiger partial charge in [-0.05, 0) is 29.8 Å². The molecule has 0 radical (unpaired) electrons. The predicted octanol–water partition coefficient (Wildman–Crippen LogP) is 2.44. The van der Waals surface area contributed by atoms with Gasteiger partial charge in [0.05, 0.1) is 11.9 Å². The number of nitrogens with zero attached hydrogens (tertiary/aromatic N) is 2. The molecule has 1 aromatic heterocycles. The summed E-state index contributed by atoms with van der Waals surface area (Å²) in [5, 5.41) is 19.1. The van der Waals surface area contributed by atoms with Gasteiger partial charge in [-0.25, -0.2) is 4.98 Å². The molecule has 0 saturated heterocycles. The van der Waals surface area contributed by atoms with Crippen LogP contribution < -0.4 is 5.56 Å². The van der Waals surface area contributed by atoms with Gasteiger partial charge in [0, 0.05) is 12.0 Å². The monoisotopic (exact) mass is 294 g/mol. The van der Waals surface area contributed by atoms with Crippen molar-refractivity contribution < 1.29 is 10.3 Å². The highest BCUT2D eigenvalue weighted by molar-refractivity contribution is 5.59. The summed E-state index contributed by atoms with van der Waals surface area (Å²) in [6, 6.07) is 15.9. The van der Waals surface area contributed by atoms with E-state index < -0.39 is 5.56 Å². The molecular formula is C17H14N2O3. The first kappa shape index (κ1) is 13.9. The van der Waals surface area contributed by atoms with Gasteiger partial charge in [-0.15, -0.1) is 0 Å². The lowest BCUT2D eigenvalue weighted by molar-refractivity contribution is 0.173. The van der Waals surface area contributed by atoms with Gasteiger partial charge in [0.15, 0.2) is 0 Å². The molecule has 1 heterocycles. The highest BCUT2D eigenvalue weighted by atomic mass is 16.5. The summed E-state index contributed by atoms with van der Waals surface area (Å²) < 4.78 is 0.549. The zero-order chi connectivity index (χ0) is 15.5. The molecule has 2 aromatic carbocycles. The molecule has 5 heteroatoms. The summed E-state index contributed by atoms with van der Waals surface area (Å²) in [7, 11) is 0. The first-order valence-electron chi connectivity index (χ1n) is 6.78. The Labute approximate surface area is 126 Å². The lowest BCUT2D eigenvalue weighted by Crippen LogP contribution is -2.24. The van der Waals surface area contributed by atoms with E-state index in [9.17, 15) is 15.1 Å². The summed E-state index contributed by atoms with van der Waals surface area (Å²) in [4.78, 5) is 16.4. The standard InChI is InChI=1S/C17H14N2O3/c20-14-8-6-13(7-9-14)16-11-19(22)17(21)15(18-16)10-12-4-2-1-3-5-12/h1-9,11,20,22H,10H2. The van der Waals surface area contributed by atoms with Crippen molar-refractivity contribution in [3.63, 3.8) is 0 Å². The van der Waals surface area contributed by atoms with Crippen LogP contribution in [-0.2, 0) is 6.42 Å². The summed E-state index contributed by atoms with van der Waals surface area (Å²) in [5.41, 5.74) is 1.84. The number of hydrogen-bond donors (Lipinski definition) is 2. The maximum atomic E-state index is 12.0. The van der Waals surface area contributed by atoms with E-state index in [1.165, 1.54) is 18.3 Å². The van der Waals surface area contributed by atoms with Crippen LogP contribution in [0, 0.1) is 0 Å². The summed E-state index contributed by atoms with van der Waals surface area (Å²) in [6.45, 7) is 0. The van der Waals surface area contributed by atoms with E-state index in [0.717, 1.165) is 5.56 Å². The van der Waals surface area contributed by atoms with Crippen LogP contribution in [0.15, 0.2) is 65.6 Å². The molecule has 0 aliphatic carbocycles. The lowest BCUT2D eigenvalue weighted by atomic mass is 10.1. The van der Waals surface area contributed by atoms with Gasteiger partial charge in [-0.1, -0.05) is 30.3 Å². The Kier molecular flexibility index (Phi) is 3.62. The van der Waals surface area contributed by atoms with Crippen LogP contribution in [0.1, 0.15) is 11.3 Å². The minimum absolute atomic E-state index is 0.144. The predicted molar refractivity (Wildman–Crippen MR) is 82.0 cm³/mol. The first-order valence-corrected chi connectivity index (χ1v) is 6.78. The summed E-state index contributed by atoms with van der Waals surface area (Å²) >= 11 is 0. The molecule has 0 bridgehead atoms. The Balaban J connectivity index is 2.03. The Morgan fingerprint density at radius 1 is 1.00 bits per heavy atom. The molecule has 110 valence electrons. The van der Waals surface area contributed by atoms with E-state index in [1.54, 1.807) is 12.1 Å².